The van der Waals surface area contributed by atoms with Crippen molar-refractivity contribution in [2.24, 2.45) is 5.92 Å². The van der Waals surface area contributed by atoms with Crippen molar-refractivity contribution in [3.63, 3.8) is 0 Å². The lowest BCUT2D eigenvalue weighted by Crippen LogP contribution is -2.50. The number of aromatic hydroxyl groups is 1. The average Bonchev–Trinajstić information content (AvgIpc) is 2.93. The Morgan fingerprint density at radius 3 is 2.33 bits per heavy atom. The molecule has 6 rings (SSSR count). The summed E-state index contributed by atoms with van der Waals surface area (Å²) in [6.45, 7) is 2.36. The average molecular weight is 572 g/mol. The molecule has 0 spiro atoms. The van der Waals surface area contributed by atoms with E-state index in [-0.39, 0.29) is 24.1 Å². The maximum absolute atomic E-state index is 13.7. The van der Waals surface area contributed by atoms with Gasteiger partial charge in [0.25, 0.3) is 0 Å². The number of nitrogens with zero attached hydrogens (tertiary/aromatic N) is 2. The van der Waals surface area contributed by atoms with Crippen LogP contribution in [-0.2, 0) is 6.18 Å². The Hall–Kier alpha value is -3.59. The smallest absolute Gasteiger partial charge is 0.416 e. The van der Waals surface area contributed by atoms with Gasteiger partial charge in [-0.1, -0.05) is 21.9 Å². The summed E-state index contributed by atoms with van der Waals surface area (Å²) in [5, 5.41) is 10.9. The molecule has 0 amide bonds. The number of benzene rings is 3. The highest BCUT2D eigenvalue weighted by Crippen LogP contribution is 2.48. The minimum absolute atomic E-state index is 0.0671. The van der Waals surface area contributed by atoms with E-state index in [0.717, 1.165) is 69.3 Å². The number of phenols is 1. The van der Waals surface area contributed by atoms with Crippen molar-refractivity contribution >= 4 is 64.1 Å². The molecule has 42 heavy (non-hydrogen) atoms. The number of likely N-dealkylation sites (tertiary alicyclic amines) is 1. The van der Waals surface area contributed by atoms with E-state index in [1.807, 2.05) is 31.4 Å². The Balaban J connectivity index is 1.46. The fourth-order valence-electron chi connectivity index (χ4n) is 6.26. The molecule has 1 fully saturated rings. The van der Waals surface area contributed by atoms with Crippen LogP contribution in [0.4, 0.5) is 17.6 Å². The number of hydrogen-bond acceptors (Lipinski definition) is 5. The van der Waals surface area contributed by atoms with E-state index in [2.05, 4.69) is 9.88 Å². The number of rotatable bonds is 6. The van der Waals surface area contributed by atoms with Gasteiger partial charge in [-0.05, 0) is 35.9 Å². The first kappa shape index (κ1) is 28.5. The van der Waals surface area contributed by atoms with Crippen LogP contribution < -0.4 is 31.3 Å². The third-order valence-corrected chi connectivity index (χ3v) is 8.78. The number of hydrogen-bond donors (Lipinski definition) is 1. The van der Waals surface area contributed by atoms with Crippen molar-refractivity contribution in [3.05, 3.63) is 59.3 Å². The molecule has 0 radical (unpaired) electrons. The summed E-state index contributed by atoms with van der Waals surface area (Å²) in [6.07, 6.45) is -3.60. The second-order valence-electron chi connectivity index (χ2n) is 11.4. The summed E-state index contributed by atoms with van der Waals surface area (Å²) in [5.74, 6) is 1.09. The largest absolute Gasteiger partial charge is 0.508 e. The molecule has 0 saturated carbocycles. The zero-order chi connectivity index (χ0) is 29.9. The van der Waals surface area contributed by atoms with Crippen LogP contribution in [0.3, 0.4) is 0 Å². The first-order valence-electron chi connectivity index (χ1n) is 14.0. The number of fused-ring (bicyclic) bond motifs is 5. The standard InChI is InChI=1S/C29H28B4F4N2O3/c30-23-22(24(31)26(33)28(25(23)32)41-6-5-39-11-13(9-34)12-39)27-21-17-4-2-15(40)8-19(17)38-10-18(21)16-3-1-14(29(35,36)37)7-20(16)42-27/h1-4,7-8,10,13,27,40H,5-6,9,11-12,30-33H2. The van der Waals surface area contributed by atoms with Crippen LogP contribution in [0.1, 0.15) is 22.8 Å². The summed E-state index contributed by atoms with van der Waals surface area (Å²) in [5.41, 5.74) is 6.32. The third-order valence-electron chi connectivity index (χ3n) is 8.78. The Labute approximate surface area is 244 Å². The van der Waals surface area contributed by atoms with Gasteiger partial charge in [0.2, 0.25) is 0 Å². The normalized spacial score (nSPS) is 16.9. The van der Waals surface area contributed by atoms with Crippen molar-refractivity contribution in [2.45, 2.75) is 12.3 Å². The molecular weight excluding hydrogens is 544 g/mol. The van der Waals surface area contributed by atoms with E-state index in [1.165, 1.54) is 6.07 Å². The molecule has 1 unspecified atom stereocenters. The number of ether oxygens (including phenoxy) is 2. The molecule has 2 aliphatic heterocycles. The SMILES string of the molecule is Bc1c(B)c(C2Oc3cc(C(F)(F)F)ccc3-c3cnc4cc(O)ccc4c32)c(B)c(B)c1OCCN1CC(CF)C1. The predicted molar refractivity (Wildman–Crippen MR) is 167 cm³/mol. The Bertz CT molecular complexity index is 1680. The van der Waals surface area contributed by atoms with Crippen LogP contribution in [0.5, 0.6) is 17.2 Å². The second-order valence-corrected chi connectivity index (χ2v) is 11.4. The number of aromatic nitrogens is 1. The highest BCUT2D eigenvalue weighted by molar-refractivity contribution is 6.59. The topological polar surface area (TPSA) is 54.8 Å². The van der Waals surface area contributed by atoms with Gasteiger partial charge in [-0.25, -0.2) is 0 Å². The lowest BCUT2D eigenvalue weighted by Gasteiger charge is -2.37. The lowest BCUT2D eigenvalue weighted by molar-refractivity contribution is -0.137. The molecule has 13 heteroatoms. The van der Waals surface area contributed by atoms with E-state index < -0.39 is 17.8 Å². The van der Waals surface area contributed by atoms with Gasteiger partial charge >= 0.3 is 6.18 Å². The van der Waals surface area contributed by atoms with Gasteiger partial charge in [-0.2, -0.15) is 13.2 Å². The molecule has 3 heterocycles. The molecule has 0 aliphatic carbocycles. The Kier molecular flexibility index (Phi) is 7.20. The molecule has 4 aromatic rings. The minimum Gasteiger partial charge on any atom is -0.508 e. The molecule has 1 atom stereocenters. The van der Waals surface area contributed by atoms with Gasteiger partial charge in [-0.3, -0.25) is 14.3 Å². The molecule has 2 aliphatic rings. The van der Waals surface area contributed by atoms with Gasteiger partial charge in [-0.15, -0.1) is 0 Å². The van der Waals surface area contributed by atoms with Crippen LogP contribution in [-0.4, -0.2) is 79.3 Å². The van der Waals surface area contributed by atoms with Crippen molar-refractivity contribution in [1.29, 1.82) is 0 Å². The van der Waals surface area contributed by atoms with Gasteiger partial charge in [0, 0.05) is 59.9 Å². The molecule has 212 valence electrons. The molecule has 0 bridgehead atoms. The number of pyridine rings is 1. The van der Waals surface area contributed by atoms with Gasteiger partial charge in [0.15, 0.2) is 0 Å². The first-order chi connectivity index (χ1) is 20.0. The molecule has 3 aromatic carbocycles. The zero-order valence-electron chi connectivity index (χ0n) is 23.9. The molecular formula is C29H28B4F4N2O3. The van der Waals surface area contributed by atoms with E-state index in [0.29, 0.717) is 29.8 Å². The Morgan fingerprint density at radius 1 is 0.952 bits per heavy atom. The summed E-state index contributed by atoms with van der Waals surface area (Å²) in [7, 11) is 7.91. The van der Waals surface area contributed by atoms with Gasteiger partial charge < -0.3 is 14.6 Å². The van der Waals surface area contributed by atoms with Crippen molar-refractivity contribution in [3.8, 4) is 28.4 Å². The fraction of sp³-hybridized carbons (Fsp3) is 0.276. The highest BCUT2D eigenvalue weighted by atomic mass is 19.4. The molecule has 1 N–H and O–H groups in total. The quantitative estimate of drug-likeness (QED) is 0.248. The summed E-state index contributed by atoms with van der Waals surface area (Å²) in [4.78, 5) is 6.70. The van der Waals surface area contributed by atoms with Crippen molar-refractivity contribution < 1.29 is 32.1 Å². The maximum Gasteiger partial charge on any atom is 0.416 e. The summed E-state index contributed by atoms with van der Waals surface area (Å²) < 4.78 is 66.7. The van der Waals surface area contributed by atoms with Gasteiger partial charge in [0.1, 0.15) is 61.3 Å². The van der Waals surface area contributed by atoms with E-state index >= 15 is 0 Å². The van der Waals surface area contributed by atoms with Crippen LogP contribution in [0.15, 0.2) is 42.6 Å². The lowest BCUT2D eigenvalue weighted by atomic mass is 9.64. The third kappa shape index (κ3) is 4.81. The number of halogens is 4. The van der Waals surface area contributed by atoms with Crippen LogP contribution in [0.25, 0.3) is 22.0 Å². The van der Waals surface area contributed by atoms with Crippen LogP contribution in [0.2, 0.25) is 0 Å². The van der Waals surface area contributed by atoms with E-state index in [1.54, 1.807) is 24.4 Å². The minimum atomic E-state index is -4.52. The summed E-state index contributed by atoms with van der Waals surface area (Å²) in [6, 6.07) is 8.45. The van der Waals surface area contributed by atoms with Crippen LogP contribution in [0, 0.1) is 5.92 Å². The van der Waals surface area contributed by atoms with Gasteiger partial charge in [0.05, 0.1) is 17.8 Å². The fourth-order valence-corrected chi connectivity index (χ4v) is 6.26. The van der Waals surface area contributed by atoms with Crippen molar-refractivity contribution in [1.82, 2.24) is 9.88 Å². The molecule has 1 aromatic heterocycles. The van der Waals surface area contributed by atoms with E-state index in [4.69, 9.17) is 9.47 Å². The first-order valence-corrected chi connectivity index (χ1v) is 14.0. The van der Waals surface area contributed by atoms with E-state index in [9.17, 15) is 22.7 Å². The molecule has 5 nitrogen and oxygen atoms in total. The summed E-state index contributed by atoms with van der Waals surface area (Å²) >= 11 is 0. The Morgan fingerprint density at radius 2 is 1.67 bits per heavy atom. The monoisotopic (exact) mass is 572 g/mol. The predicted octanol–water partition coefficient (Wildman–Crippen LogP) is -0.578. The molecule has 1 saturated heterocycles. The zero-order valence-corrected chi connectivity index (χ0v) is 23.9. The second kappa shape index (κ2) is 10.6. The number of phenolic OH excluding ortho intramolecular Hbond substituents is 1. The van der Waals surface area contributed by atoms with Crippen molar-refractivity contribution in [2.75, 3.05) is 32.9 Å². The highest BCUT2D eigenvalue weighted by Gasteiger charge is 2.36. The number of alkyl halides is 4. The van der Waals surface area contributed by atoms with Crippen LogP contribution >= 0.6 is 0 Å². The maximum atomic E-state index is 13.7.